The topological polar surface area (TPSA) is 64.0 Å². The van der Waals surface area contributed by atoms with Gasteiger partial charge in [-0.25, -0.2) is 4.98 Å². The van der Waals surface area contributed by atoms with Crippen molar-refractivity contribution in [2.45, 2.75) is 70.4 Å². The summed E-state index contributed by atoms with van der Waals surface area (Å²) in [6.45, 7) is 0.754. The quantitative estimate of drug-likeness (QED) is 0.903. The lowest BCUT2D eigenvalue weighted by molar-refractivity contribution is 0.0926. The van der Waals surface area contributed by atoms with Gasteiger partial charge < -0.3 is 5.32 Å². The molecule has 0 radical (unpaired) electrons. The molecule has 1 amide bonds. The third-order valence-electron chi connectivity index (χ3n) is 6.39. The molecule has 2 saturated carbocycles. The molecular weight excluding hydrogens is 338 g/mol. The molecule has 2 aliphatic carbocycles. The lowest BCUT2D eigenvalue weighted by atomic mass is 10.1. The smallest absolute Gasteiger partial charge is 0.261 e. The number of rotatable bonds is 4. The fraction of sp³-hybridized carbons (Fsp3) is 0.591. The van der Waals surface area contributed by atoms with Crippen molar-refractivity contribution in [1.29, 1.82) is 0 Å². The highest BCUT2D eigenvalue weighted by Crippen LogP contribution is 2.44. The maximum absolute atomic E-state index is 12.9. The number of hydrogen-bond donors (Lipinski definition) is 1. The van der Waals surface area contributed by atoms with E-state index in [9.17, 15) is 9.59 Å². The number of benzene rings is 1. The zero-order chi connectivity index (χ0) is 18.4. The van der Waals surface area contributed by atoms with Gasteiger partial charge in [-0.3, -0.25) is 14.2 Å². The van der Waals surface area contributed by atoms with Crippen LogP contribution in [0.1, 0.15) is 67.5 Å². The lowest BCUT2D eigenvalue weighted by Crippen LogP contribution is -2.38. The second-order valence-corrected chi connectivity index (χ2v) is 8.56. The lowest BCUT2D eigenvalue weighted by Gasteiger charge is -2.18. The molecule has 3 aliphatic rings. The van der Waals surface area contributed by atoms with Crippen LogP contribution in [0.2, 0.25) is 0 Å². The van der Waals surface area contributed by atoms with Crippen LogP contribution >= 0.6 is 0 Å². The van der Waals surface area contributed by atoms with E-state index in [1.54, 1.807) is 12.1 Å². The number of nitrogens with one attached hydrogen (secondary N) is 1. The van der Waals surface area contributed by atoms with Crippen LogP contribution in [0.4, 0.5) is 0 Å². The predicted octanol–water partition coefficient (Wildman–Crippen LogP) is 3.43. The van der Waals surface area contributed by atoms with Gasteiger partial charge in [-0.1, -0.05) is 12.8 Å². The van der Waals surface area contributed by atoms with E-state index in [2.05, 4.69) is 5.32 Å². The van der Waals surface area contributed by atoms with Gasteiger partial charge in [0.05, 0.1) is 10.9 Å². The van der Waals surface area contributed by atoms with Crippen LogP contribution in [-0.2, 0) is 13.0 Å². The summed E-state index contributed by atoms with van der Waals surface area (Å²) in [5, 5.41) is 3.89. The zero-order valence-corrected chi connectivity index (χ0v) is 15.7. The molecule has 1 aromatic carbocycles. The molecule has 142 valence electrons. The number of nitrogens with zero attached hydrogens (tertiary/aromatic N) is 2. The summed E-state index contributed by atoms with van der Waals surface area (Å²) < 4.78 is 1.84. The minimum Gasteiger partial charge on any atom is -0.349 e. The number of carbonyl (C=O) groups is 1. The van der Waals surface area contributed by atoms with Gasteiger partial charge >= 0.3 is 0 Å². The van der Waals surface area contributed by atoms with Gasteiger partial charge in [0.15, 0.2) is 0 Å². The minimum atomic E-state index is -0.0191. The van der Waals surface area contributed by atoms with Gasteiger partial charge in [-0.2, -0.15) is 0 Å². The van der Waals surface area contributed by atoms with Gasteiger partial charge in [0.25, 0.3) is 11.5 Å². The van der Waals surface area contributed by atoms with Crippen molar-refractivity contribution >= 4 is 16.8 Å². The molecule has 1 aliphatic heterocycles. The predicted molar refractivity (Wildman–Crippen MR) is 105 cm³/mol. The van der Waals surface area contributed by atoms with Crippen molar-refractivity contribution in [3.05, 3.63) is 39.9 Å². The van der Waals surface area contributed by atoms with E-state index in [1.165, 1.54) is 38.5 Å². The summed E-state index contributed by atoms with van der Waals surface area (Å²) in [5.74, 6) is 2.20. The van der Waals surface area contributed by atoms with Crippen LogP contribution in [0.15, 0.2) is 23.0 Å². The fourth-order valence-electron chi connectivity index (χ4n) is 4.50. The Bertz CT molecular complexity index is 928. The molecule has 1 aromatic heterocycles. The summed E-state index contributed by atoms with van der Waals surface area (Å²) in [5.41, 5.74) is 1.32. The van der Waals surface area contributed by atoms with Crippen LogP contribution in [-0.4, -0.2) is 21.5 Å². The Hall–Kier alpha value is -2.17. The summed E-state index contributed by atoms with van der Waals surface area (Å²) in [4.78, 5) is 30.5. The number of carbonyl (C=O) groups excluding carboxylic acids is 1. The molecule has 1 N–H and O–H groups in total. The molecule has 5 heteroatoms. The zero-order valence-electron chi connectivity index (χ0n) is 15.7. The van der Waals surface area contributed by atoms with Gasteiger partial charge in [0, 0.05) is 24.6 Å². The minimum absolute atomic E-state index is 0.0191. The molecule has 0 spiro atoms. The average molecular weight is 365 g/mol. The first-order chi connectivity index (χ1) is 13.2. The van der Waals surface area contributed by atoms with Crippen molar-refractivity contribution in [3.8, 4) is 0 Å². The van der Waals surface area contributed by atoms with Gasteiger partial charge in [-0.05, 0) is 68.6 Å². The maximum Gasteiger partial charge on any atom is 0.261 e. The Morgan fingerprint density at radius 3 is 2.56 bits per heavy atom. The average Bonchev–Trinajstić information content (AvgIpc) is 3.54. The summed E-state index contributed by atoms with van der Waals surface area (Å²) in [6.07, 6.45) is 10.3. The first-order valence-electron chi connectivity index (χ1n) is 10.5. The van der Waals surface area contributed by atoms with E-state index < -0.39 is 0 Å². The molecule has 0 saturated heterocycles. The van der Waals surface area contributed by atoms with Crippen molar-refractivity contribution in [3.63, 3.8) is 0 Å². The Balaban J connectivity index is 1.46. The second-order valence-electron chi connectivity index (χ2n) is 8.56. The van der Waals surface area contributed by atoms with E-state index in [-0.39, 0.29) is 11.5 Å². The molecule has 0 unspecified atom stereocenters. The van der Waals surface area contributed by atoms with Crippen LogP contribution in [0.5, 0.6) is 0 Å². The van der Waals surface area contributed by atoms with E-state index in [0.717, 1.165) is 31.6 Å². The first-order valence-corrected chi connectivity index (χ1v) is 10.5. The molecule has 5 nitrogen and oxygen atoms in total. The van der Waals surface area contributed by atoms with Crippen molar-refractivity contribution in [2.24, 2.45) is 11.8 Å². The fourth-order valence-corrected chi connectivity index (χ4v) is 4.50. The number of hydrogen-bond acceptors (Lipinski definition) is 3. The molecule has 5 rings (SSSR count). The van der Waals surface area contributed by atoms with Crippen molar-refractivity contribution in [1.82, 2.24) is 14.9 Å². The number of aryl methyl sites for hydroxylation is 1. The van der Waals surface area contributed by atoms with Crippen molar-refractivity contribution < 1.29 is 4.79 Å². The molecule has 2 aromatic rings. The third-order valence-corrected chi connectivity index (χ3v) is 6.39. The molecule has 0 atom stereocenters. The summed E-state index contributed by atoms with van der Waals surface area (Å²) >= 11 is 0. The van der Waals surface area contributed by atoms with Gasteiger partial charge in [-0.15, -0.1) is 0 Å². The van der Waals surface area contributed by atoms with Crippen LogP contribution < -0.4 is 10.9 Å². The Labute approximate surface area is 159 Å². The maximum atomic E-state index is 12.9. The molecule has 2 fully saturated rings. The highest BCUT2D eigenvalue weighted by molar-refractivity contribution is 5.97. The number of fused-ring (bicyclic) bond motifs is 2. The molecular formula is C22H27N3O2. The third kappa shape index (κ3) is 3.40. The Morgan fingerprint density at radius 1 is 1.07 bits per heavy atom. The largest absolute Gasteiger partial charge is 0.349 e. The van der Waals surface area contributed by atoms with Crippen LogP contribution in [0.3, 0.4) is 0 Å². The standard InChI is InChI=1S/C22H27N3O2/c26-21(24-20(14-6-7-14)15-8-9-15)16-10-11-17-18(13-16)23-19-5-3-1-2-4-12-25(19)22(17)27/h10-11,13-15,20H,1-9,12H2,(H,24,26). The highest BCUT2D eigenvalue weighted by Gasteiger charge is 2.42. The SMILES string of the molecule is O=C(NC(C1CC1)C1CC1)c1ccc2c(=O)n3c(nc2c1)CCCCCC3. The van der Waals surface area contributed by atoms with E-state index in [4.69, 9.17) is 4.98 Å². The van der Waals surface area contributed by atoms with E-state index in [0.29, 0.717) is 34.3 Å². The monoisotopic (exact) mass is 365 g/mol. The van der Waals surface area contributed by atoms with Gasteiger partial charge in [0.2, 0.25) is 0 Å². The molecule has 0 bridgehead atoms. The van der Waals surface area contributed by atoms with Gasteiger partial charge in [0.1, 0.15) is 5.82 Å². The number of aromatic nitrogens is 2. The normalized spacial score (nSPS) is 20.2. The summed E-state index contributed by atoms with van der Waals surface area (Å²) in [7, 11) is 0. The summed E-state index contributed by atoms with van der Waals surface area (Å²) in [6, 6.07) is 5.72. The van der Waals surface area contributed by atoms with E-state index >= 15 is 0 Å². The Morgan fingerprint density at radius 2 is 1.81 bits per heavy atom. The first kappa shape index (κ1) is 17.0. The second kappa shape index (κ2) is 6.77. The number of amides is 1. The highest BCUT2D eigenvalue weighted by atomic mass is 16.1. The molecule has 27 heavy (non-hydrogen) atoms. The molecule has 2 heterocycles. The van der Waals surface area contributed by atoms with Crippen LogP contribution in [0, 0.1) is 11.8 Å². The Kier molecular flexibility index (Phi) is 4.25. The van der Waals surface area contributed by atoms with E-state index in [1.807, 2.05) is 10.6 Å². The van der Waals surface area contributed by atoms with Crippen molar-refractivity contribution in [2.75, 3.05) is 0 Å². The van der Waals surface area contributed by atoms with Crippen LogP contribution in [0.25, 0.3) is 10.9 Å².